The van der Waals surface area contributed by atoms with Gasteiger partial charge in [-0.1, -0.05) is 6.92 Å². The zero-order chi connectivity index (χ0) is 12.0. The van der Waals surface area contributed by atoms with Crippen LogP contribution in [0.3, 0.4) is 0 Å². The molecule has 0 spiro atoms. The van der Waals surface area contributed by atoms with Gasteiger partial charge in [-0.2, -0.15) is 0 Å². The monoisotopic (exact) mass is 219 g/mol. The van der Waals surface area contributed by atoms with Gasteiger partial charge in [0.15, 0.2) is 0 Å². The zero-order valence-electron chi connectivity index (χ0n) is 9.91. The average molecular weight is 219 g/mol. The quantitative estimate of drug-likeness (QED) is 0.611. The molecule has 1 N–H and O–H groups in total. The fraction of sp³-hybridized carbons (Fsp3) is 0.308. The minimum absolute atomic E-state index is 0.446. The van der Waals surface area contributed by atoms with E-state index in [1.54, 1.807) is 20.3 Å². The van der Waals surface area contributed by atoms with Crippen molar-refractivity contribution in [1.82, 2.24) is 0 Å². The van der Waals surface area contributed by atoms with Gasteiger partial charge in [0.1, 0.15) is 5.75 Å². The molecule has 0 radical (unpaired) electrons. The highest BCUT2D eigenvalue weighted by Crippen LogP contribution is 2.13. The Balaban J connectivity index is 2.84. The van der Waals surface area contributed by atoms with Crippen LogP contribution in [-0.2, 0) is 4.74 Å². The van der Waals surface area contributed by atoms with Crippen LogP contribution in [0.15, 0.2) is 36.1 Å². The fourth-order valence-electron chi connectivity index (χ4n) is 1.32. The Hall–Kier alpha value is -1.77. The van der Waals surface area contributed by atoms with Crippen molar-refractivity contribution >= 4 is 5.71 Å². The topological polar surface area (TPSA) is 42.3 Å². The van der Waals surface area contributed by atoms with Gasteiger partial charge in [-0.15, -0.1) is 0 Å². The lowest BCUT2D eigenvalue weighted by atomic mass is 10.1. The van der Waals surface area contributed by atoms with Crippen molar-refractivity contribution in [3.63, 3.8) is 0 Å². The predicted molar refractivity (Wildman–Crippen MR) is 65.2 cm³/mol. The molecule has 1 aromatic carbocycles. The number of methoxy groups -OCH3 is 2. The van der Waals surface area contributed by atoms with Crippen molar-refractivity contribution in [1.29, 1.82) is 5.41 Å². The van der Waals surface area contributed by atoms with E-state index in [-0.39, 0.29) is 0 Å². The van der Waals surface area contributed by atoms with E-state index in [4.69, 9.17) is 14.9 Å². The Bertz CT molecular complexity index is 373. The molecule has 0 aliphatic rings. The van der Waals surface area contributed by atoms with Gasteiger partial charge in [0, 0.05) is 12.5 Å². The predicted octanol–water partition coefficient (Wildman–Crippen LogP) is 3.00. The number of allylic oxidation sites excluding steroid dienone is 2. The Morgan fingerprint density at radius 3 is 2.31 bits per heavy atom. The largest absolute Gasteiger partial charge is 0.501 e. The second-order valence-electron chi connectivity index (χ2n) is 3.31. The molecule has 0 heterocycles. The van der Waals surface area contributed by atoms with E-state index in [9.17, 15) is 0 Å². The molecule has 0 fully saturated rings. The molecule has 0 bridgehead atoms. The van der Waals surface area contributed by atoms with Gasteiger partial charge in [0.2, 0.25) is 0 Å². The molecule has 1 aromatic rings. The first-order chi connectivity index (χ1) is 7.71. The molecule has 3 heteroatoms. The normalized spacial score (nSPS) is 11.1. The average Bonchev–Trinajstić information content (AvgIpc) is 2.35. The minimum atomic E-state index is 0.446. The molecule has 0 unspecified atom stereocenters. The van der Waals surface area contributed by atoms with Crippen LogP contribution in [0.25, 0.3) is 0 Å². The molecular weight excluding hydrogens is 202 g/mol. The van der Waals surface area contributed by atoms with Crippen LogP contribution in [0.2, 0.25) is 0 Å². The summed E-state index contributed by atoms with van der Waals surface area (Å²) in [6, 6.07) is 7.41. The zero-order valence-corrected chi connectivity index (χ0v) is 9.91. The second kappa shape index (κ2) is 5.95. The number of ether oxygens (including phenoxy) is 2. The maximum atomic E-state index is 7.90. The Labute approximate surface area is 96.2 Å². The summed E-state index contributed by atoms with van der Waals surface area (Å²) in [7, 11) is 3.25. The third-order valence-electron chi connectivity index (χ3n) is 2.32. The molecule has 0 amide bonds. The van der Waals surface area contributed by atoms with Crippen LogP contribution in [0, 0.1) is 5.41 Å². The first kappa shape index (κ1) is 12.3. The van der Waals surface area contributed by atoms with Gasteiger partial charge in [-0.05, 0) is 29.8 Å². The smallest absolute Gasteiger partial charge is 0.118 e. The Kier molecular flexibility index (Phi) is 4.58. The molecule has 0 atom stereocenters. The van der Waals surface area contributed by atoms with Gasteiger partial charge in [-0.25, -0.2) is 0 Å². The Morgan fingerprint density at radius 2 is 1.88 bits per heavy atom. The van der Waals surface area contributed by atoms with Crippen molar-refractivity contribution in [2.45, 2.75) is 13.3 Å². The Morgan fingerprint density at radius 1 is 1.25 bits per heavy atom. The van der Waals surface area contributed by atoms with Crippen LogP contribution < -0.4 is 4.74 Å². The number of hydrogen-bond acceptors (Lipinski definition) is 3. The van der Waals surface area contributed by atoms with Gasteiger partial charge in [0.25, 0.3) is 0 Å². The van der Waals surface area contributed by atoms with E-state index in [0.717, 1.165) is 23.5 Å². The van der Waals surface area contributed by atoms with E-state index < -0.39 is 0 Å². The first-order valence-electron chi connectivity index (χ1n) is 5.18. The van der Waals surface area contributed by atoms with Crippen LogP contribution in [0.5, 0.6) is 5.75 Å². The third kappa shape index (κ3) is 3.12. The van der Waals surface area contributed by atoms with Gasteiger partial charge in [-0.3, -0.25) is 0 Å². The minimum Gasteiger partial charge on any atom is -0.501 e. The third-order valence-corrected chi connectivity index (χ3v) is 2.32. The standard InChI is InChI=1S/C13H17NO2/c1-4-11(15-2)9-13(14)10-5-7-12(16-3)8-6-10/h5-9,14H,4H2,1-3H3/b11-9-,14-13?. The molecule has 86 valence electrons. The van der Waals surface area contributed by atoms with E-state index in [2.05, 4.69) is 0 Å². The molecule has 0 aliphatic heterocycles. The van der Waals surface area contributed by atoms with Gasteiger partial charge >= 0.3 is 0 Å². The van der Waals surface area contributed by atoms with Crippen LogP contribution in [0.4, 0.5) is 0 Å². The van der Waals surface area contributed by atoms with Crippen LogP contribution in [-0.4, -0.2) is 19.9 Å². The van der Waals surface area contributed by atoms with Crippen LogP contribution >= 0.6 is 0 Å². The summed E-state index contributed by atoms with van der Waals surface area (Å²) in [5.41, 5.74) is 1.30. The summed E-state index contributed by atoms with van der Waals surface area (Å²) in [6.45, 7) is 2.00. The van der Waals surface area contributed by atoms with Crippen molar-refractivity contribution in [2.24, 2.45) is 0 Å². The number of nitrogens with one attached hydrogen (secondary N) is 1. The molecule has 0 aromatic heterocycles. The maximum Gasteiger partial charge on any atom is 0.118 e. The first-order valence-corrected chi connectivity index (χ1v) is 5.18. The molecule has 0 saturated heterocycles. The summed E-state index contributed by atoms with van der Waals surface area (Å²) < 4.78 is 10.2. The van der Waals surface area contributed by atoms with Gasteiger partial charge < -0.3 is 14.9 Å². The highest BCUT2D eigenvalue weighted by Gasteiger charge is 2.01. The van der Waals surface area contributed by atoms with Crippen molar-refractivity contribution in [3.8, 4) is 5.75 Å². The highest BCUT2D eigenvalue weighted by molar-refractivity contribution is 6.06. The van der Waals surface area contributed by atoms with Crippen molar-refractivity contribution in [2.75, 3.05) is 14.2 Å². The SMILES string of the molecule is CC/C(=C/C(=N)c1ccc(OC)cc1)OC. The second-order valence-corrected chi connectivity index (χ2v) is 3.31. The lowest BCUT2D eigenvalue weighted by Crippen LogP contribution is -1.97. The van der Waals surface area contributed by atoms with E-state index in [1.807, 2.05) is 31.2 Å². The summed E-state index contributed by atoms with van der Waals surface area (Å²) in [5.74, 6) is 1.60. The number of rotatable bonds is 5. The molecule has 1 rings (SSSR count). The lowest BCUT2D eigenvalue weighted by Gasteiger charge is -2.05. The van der Waals surface area contributed by atoms with Gasteiger partial charge in [0.05, 0.1) is 25.7 Å². The van der Waals surface area contributed by atoms with E-state index in [0.29, 0.717) is 5.71 Å². The number of hydrogen-bond donors (Lipinski definition) is 1. The lowest BCUT2D eigenvalue weighted by molar-refractivity contribution is 0.281. The van der Waals surface area contributed by atoms with E-state index >= 15 is 0 Å². The van der Waals surface area contributed by atoms with Crippen molar-refractivity contribution < 1.29 is 9.47 Å². The molecule has 0 saturated carbocycles. The van der Waals surface area contributed by atoms with Crippen molar-refractivity contribution in [3.05, 3.63) is 41.7 Å². The summed E-state index contributed by atoms with van der Waals surface area (Å²) in [4.78, 5) is 0. The maximum absolute atomic E-state index is 7.90. The molecule has 3 nitrogen and oxygen atoms in total. The highest BCUT2D eigenvalue weighted by atomic mass is 16.5. The molecular formula is C13H17NO2. The number of benzene rings is 1. The summed E-state index contributed by atoms with van der Waals surface area (Å²) in [6.07, 6.45) is 2.52. The fourth-order valence-corrected chi connectivity index (χ4v) is 1.32. The molecule has 0 aliphatic carbocycles. The summed E-state index contributed by atoms with van der Waals surface area (Å²) in [5, 5.41) is 7.90. The molecule has 16 heavy (non-hydrogen) atoms. The van der Waals surface area contributed by atoms with Crippen LogP contribution in [0.1, 0.15) is 18.9 Å². The van der Waals surface area contributed by atoms with E-state index in [1.165, 1.54) is 0 Å². The summed E-state index contributed by atoms with van der Waals surface area (Å²) >= 11 is 0.